The number of nitrogens with zero attached hydrogens (tertiary/aromatic N) is 2. The molecule has 3 aliphatic heterocycles. The van der Waals surface area contributed by atoms with E-state index in [0.717, 1.165) is 13.0 Å². The lowest BCUT2D eigenvalue weighted by Crippen LogP contribution is -2.54. The number of ether oxygens (including phenoxy) is 1. The molecule has 0 spiro atoms. The summed E-state index contributed by atoms with van der Waals surface area (Å²) in [6, 6.07) is 10.2. The number of morpholine rings is 1. The first-order chi connectivity index (χ1) is 12.2. The number of carbonyl (C=O) groups excluding carboxylic acids is 2. The van der Waals surface area contributed by atoms with Gasteiger partial charge in [-0.2, -0.15) is 0 Å². The summed E-state index contributed by atoms with van der Waals surface area (Å²) in [6.07, 6.45) is 0.892. The zero-order valence-corrected chi connectivity index (χ0v) is 14.2. The van der Waals surface area contributed by atoms with Crippen molar-refractivity contribution in [1.29, 1.82) is 0 Å². The quantitative estimate of drug-likeness (QED) is 0.820. The molecule has 1 aromatic rings. The lowest BCUT2D eigenvalue weighted by molar-refractivity contribution is -0.133. The fourth-order valence-electron chi connectivity index (χ4n) is 3.96. The first kappa shape index (κ1) is 16.4. The number of hydrogen-bond donors (Lipinski definition) is 2. The molecule has 0 aromatic heterocycles. The number of urea groups is 1. The zero-order chi connectivity index (χ0) is 17.2. The zero-order valence-electron chi connectivity index (χ0n) is 14.2. The summed E-state index contributed by atoms with van der Waals surface area (Å²) >= 11 is 0. The average molecular weight is 344 g/mol. The largest absolute Gasteiger partial charge is 0.378 e. The maximum atomic E-state index is 12.8. The highest BCUT2D eigenvalue weighted by Crippen LogP contribution is 2.24. The highest BCUT2D eigenvalue weighted by molar-refractivity contribution is 5.90. The Balaban J connectivity index is 1.47. The molecule has 3 amide bonds. The second kappa shape index (κ2) is 7.01. The SMILES string of the molecule is O=C1NC[C@@H](C(=O)N2CCC3COCC(C2)N3Cc2ccccc2)N1. The fourth-order valence-corrected chi connectivity index (χ4v) is 3.96. The topological polar surface area (TPSA) is 73.9 Å². The van der Waals surface area contributed by atoms with Crippen molar-refractivity contribution in [3.63, 3.8) is 0 Å². The highest BCUT2D eigenvalue weighted by Gasteiger charge is 2.39. The Morgan fingerprint density at radius 2 is 2.00 bits per heavy atom. The molecule has 3 atom stereocenters. The number of nitrogens with one attached hydrogen (secondary N) is 2. The van der Waals surface area contributed by atoms with E-state index in [0.29, 0.717) is 38.9 Å². The average Bonchev–Trinajstić information content (AvgIpc) is 3.04. The maximum Gasteiger partial charge on any atom is 0.315 e. The molecule has 3 saturated heterocycles. The molecule has 0 saturated carbocycles. The summed E-state index contributed by atoms with van der Waals surface area (Å²) in [7, 11) is 0. The van der Waals surface area contributed by atoms with Crippen LogP contribution in [-0.2, 0) is 16.1 Å². The van der Waals surface area contributed by atoms with Gasteiger partial charge in [0.1, 0.15) is 6.04 Å². The molecule has 0 aliphatic carbocycles. The Bertz CT molecular complexity index is 638. The van der Waals surface area contributed by atoms with Crippen LogP contribution >= 0.6 is 0 Å². The van der Waals surface area contributed by atoms with E-state index in [1.807, 2.05) is 11.0 Å². The van der Waals surface area contributed by atoms with Crippen molar-refractivity contribution in [2.75, 3.05) is 32.8 Å². The monoisotopic (exact) mass is 344 g/mol. The van der Waals surface area contributed by atoms with Crippen molar-refractivity contribution in [3.05, 3.63) is 35.9 Å². The molecule has 0 radical (unpaired) electrons. The molecule has 2 unspecified atom stereocenters. The van der Waals surface area contributed by atoms with Gasteiger partial charge in [-0.1, -0.05) is 30.3 Å². The molecule has 2 N–H and O–H groups in total. The van der Waals surface area contributed by atoms with E-state index in [4.69, 9.17) is 4.74 Å². The fraction of sp³-hybridized carbons (Fsp3) is 0.556. The number of carbonyl (C=O) groups is 2. The molecule has 7 heteroatoms. The van der Waals surface area contributed by atoms with E-state index in [2.05, 4.69) is 39.8 Å². The van der Waals surface area contributed by atoms with Crippen molar-refractivity contribution >= 4 is 11.9 Å². The standard InChI is InChI=1S/C18H24N4O3/c23-17(16-8-19-18(24)20-16)21-7-6-14-11-25-12-15(10-21)22(14)9-13-4-2-1-3-5-13/h1-5,14-16H,6-12H2,(H2,19,20,24)/t14?,15?,16-/m0/s1. The molecule has 4 rings (SSSR count). The lowest BCUT2D eigenvalue weighted by atomic mass is 10.1. The van der Waals surface area contributed by atoms with Gasteiger partial charge in [-0.25, -0.2) is 4.79 Å². The van der Waals surface area contributed by atoms with E-state index >= 15 is 0 Å². The van der Waals surface area contributed by atoms with Gasteiger partial charge in [0.15, 0.2) is 0 Å². The Hall–Kier alpha value is -2.12. The molecular weight excluding hydrogens is 320 g/mol. The number of rotatable bonds is 3. The van der Waals surface area contributed by atoms with Gasteiger partial charge < -0.3 is 20.3 Å². The van der Waals surface area contributed by atoms with Crippen molar-refractivity contribution < 1.29 is 14.3 Å². The van der Waals surface area contributed by atoms with Crippen LogP contribution in [0.4, 0.5) is 4.79 Å². The minimum Gasteiger partial charge on any atom is -0.378 e. The summed E-state index contributed by atoms with van der Waals surface area (Å²) in [4.78, 5) is 28.5. The Kier molecular flexibility index (Phi) is 4.59. The smallest absolute Gasteiger partial charge is 0.315 e. The van der Waals surface area contributed by atoms with Crippen LogP contribution < -0.4 is 10.6 Å². The third kappa shape index (κ3) is 3.48. The third-order valence-corrected chi connectivity index (χ3v) is 5.31. The molecular formula is C18H24N4O3. The van der Waals surface area contributed by atoms with Crippen LogP contribution in [0.3, 0.4) is 0 Å². The molecule has 25 heavy (non-hydrogen) atoms. The van der Waals surface area contributed by atoms with Gasteiger partial charge in [-0.05, 0) is 12.0 Å². The van der Waals surface area contributed by atoms with Crippen molar-refractivity contribution in [1.82, 2.24) is 20.4 Å². The van der Waals surface area contributed by atoms with Gasteiger partial charge in [-0.15, -0.1) is 0 Å². The van der Waals surface area contributed by atoms with Gasteiger partial charge in [0.05, 0.1) is 19.3 Å². The van der Waals surface area contributed by atoms with Gasteiger partial charge in [-0.3, -0.25) is 9.69 Å². The van der Waals surface area contributed by atoms with E-state index in [9.17, 15) is 9.59 Å². The highest BCUT2D eigenvalue weighted by atomic mass is 16.5. The Morgan fingerprint density at radius 1 is 1.20 bits per heavy atom. The van der Waals surface area contributed by atoms with Crippen molar-refractivity contribution in [3.8, 4) is 0 Å². The van der Waals surface area contributed by atoms with E-state index in [-0.39, 0.29) is 18.0 Å². The van der Waals surface area contributed by atoms with Crippen LogP contribution in [0.5, 0.6) is 0 Å². The summed E-state index contributed by atoms with van der Waals surface area (Å²) in [5.41, 5.74) is 1.28. The lowest BCUT2D eigenvalue weighted by Gasteiger charge is -2.40. The van der Waals surface area contributed by atoms with Crippen LogP contribution in [0.25, 0.3) is 0 Å². The summed E-state index contributed by atoms with van der Waals surface area (Å²) in [5, 5.41) is 5.36. The number of hydrogen-bond acceptors (Lipinski definition) is 4. The Morgan fingerprint density at radius 3 is 2.76 bits per heavy atom. The second-order valence-corrected chi connectivity index (χ2v) is 6.98. The van der Waals surface area contributed by atoms with Gasteiger partial charge in [0.2, 0.25) is 5.91 Å². The number of fused-ring (bicyclic) bond motifs is 2. The minimum absolute atomic E-state index is 0.00515. The number of benzene rings is 1. The van der Waals surface area contributed by atoms with E-state index < -0.39 is 6.04 Å². The number of amides is 3. The van der Waals surface area contributed by atoms with Gasteiger partial charge in [0.25, 0.3) is 0 Å². The molecule has 1 aromatic carbocycles. The second-order valence-electron chi connectivity index (χ2n) is 6.98. The molecule has 7 nitrogen and oxygen atoms in total. The summed E-state index contributed by atoms with van der Waals surface area (Å²) < 4.78 is 5.79. The minimum atomic E-state index is -0.450. The van der Waals surface area contributed by atoms with E-state index in [1.54, 1.807) is 0 Å². The summed E-state index contributed by atoms with van der Waals surface area (Å²) in [6.45, 7) is 3.96. The van der Waals surface area contributed by atoms with Crippen molar-refractivity contribution in [2.24, 2.45) is 0 Å². The normalized spacial score (nSPS) is 29.7. The van der Waals surface area contributed by atoms with E-state index in [1.165, 1.54) is 5.56 Å². The molecule has 3 aliphatic rings. The van der Waals surface area contributed by atoms with Gasteiger partial charge in [0, 0.05) is 32.2 Å². The predicted octanol–water partition coefficient (Wildman–Crippen LogP) is 0.170. The molecule has 134 valence electrons. The first-order valence-electron chi connectivity index (χ1n) is 8.91. The van der Waals surface area contributed by atoms with Crippen LogP contribution in [0.1, 0.15) is 12.0 Å². The van der Waals surface area contributed by atoms with Crippen LogP contribution in [0, 0.1) is 0 Å². The van der Waals surface area contributed by atoms with Crippen LogP contribution in [0.15, 0.2) is 30.3 Å². The van der Waals surface area contributed by atoms with Crippen LogP contribution in [-0.4, -0.2) is 72.7 Å². The Labute approximate surface area is 147 Å². The van der Waals surface area contributed by atoms with Crippen LogP contribution in [0.2, 0.25) is 0 Å². The van der Waals surface area contributed by atoms with Crippen molar-refractivity contribution in [2.45, 2.75) is 31.1 Å². The predicted molar refractivity (Wildman–Crippen MR) is 91.9 cm³/mol. The maximum absolute atomic E-state index is 12.8. The third-order valence-electron chi connectivity index (χ3n) is 5.31. The first-order valence-corrected chi connectivity index (χ1v) is 8.91. The summed E-state index contributed by atoms with van der Waals surface area (Å²) in [5.74, 6) is 0.00515. The van der Waals surface area contributed by atoms with Gasteiger partial charge >= 0.3 is 6.03 Å². The molecule has 2 bridgehead atoms. The molecule has 3 fully saturated rings. The molecule has 3 heterocycles.